The third kappa shape index (κ3) is 5.79. The lowest BCUT2D eigenvalue weighted by atomic mass is 9.97. The lowest BCUT2D eigenvalue weighted by molar-refractivity contribution is -0.119. The third-order valence-electron chi connectivity index (χ3n) is 3.87. The maximum atomic E-state index is 12.0. The summed E-state index contributed by atoms with van der Waals surface area (Å²) in [7, 11) is -3.52. The molecule has 22 heavy (non-hydrogen) atoms. The molecule has 1 amide bonds. The van der Waals surface area contributed by atoms with Gasteiger partial charge >= 0.3 is 0 Å². The number of sulfone groups is 1. The largest absolute Gasteiger partial charge is 0.361 e. The summed E-state index contributed by atoms with van der Waals surface area (Å²) in [6.45, 7) is 1.70. The van der Waals surface area contributed by atoms with Crippen LogP contribution in [0.2, 0.25) is 0 Å². The summed E-state index contributed by atoms with van der Waals surface area (Å²) in [5.41, 5.74) is 0.344. The number of amides is 1. The van der Waals surface area contributed by atoms with E-state index in [1.807, 2.05) is 0 Å². The molecule has 0 bridgehead atoms. The molecule has 1 aliphatic rings. The molecule has 1 aromatic heterocycles. The first-order valence-electron chi connectivity index (χ1n) is 7.86. The van der Waals surface area contributed by atoms with Gasteiger partial charge in [0.2, 0.25) is 5.91 Å². The number of aromatic nitrogens is 1. The number of rotatable bonds is 5. The summed E-state index contributed by atoms with van der Waals surface area (Å²) in [6, 6.07) is 1.68. The zero-order valence-corrected chi connectivity index (χ0v) is 13.8. The highest BCUT2D eigenvalue weighted by Gasteiger charge is 2.21. The van der Waals surface area contributed by atoms with Crippen molar-refractivity contribution in [3.05, 3.63) is 17.5 Å². The molecule has 1 aliphatic carbocycles. The van der Waals surface area contributed by atoms with Crippen LogP contribution >= 0.6 is 0 Å². The van der Waals surface area contributed by atoms with E-state index in [2.05, 4.69) is 10.5 Å². The van der Waals surface area contributed by atoms with Crippen molar-refractivity contribution < 1.29 is 17.7 Å². The molecule has 1 heterocycles. The topological polar surface area (TPSA) is 89.3 Å². The van der Waals surface area contributed by atoms with Gasteiger partial charge in [0.25, 0.3) is 0 Å². The minimum atomic E-state index is -3.52. The molecule has 0 spiro atoms. The first kappa shape index (κ1) is 17.0. The molecule has 124 valence electrons. The summed E-state index contributed by atoms with van der Waals surface area (Å²) in [5, 5.41) is 6.53. The molecule has 0 aliphatic heterocycles. The average molecular weight is 328 g/mol. The first-order chi connectivity index (χ1) is 10.4. The summed E-state index contributed by atoms with van der Waals surface area (Å²) in [6.07, 6.45) is 7.70. The Bertz CT molecular complexity index is 586. The zero-order valence-electron chi connectivity index (χ0n) is 13.0. The van der Waals surface area contributed by atoms with E-state index in [-0.39, 0.29) is 11.8 Å². The molecule has 1 aromatic rings. The molecule has 1 fully saturated rings. The highest BCUT2D eigenvalue weighted by atomic mass is 32.2. The number of carbonyl (C=O) groups is 1. The second kappa shape index (κ2) is 7.76. The predicted molar refractivity (Wildman–Crippen MR) is 83.0 cm³/mol. The van der Waals surface area contributed by atoms with Gasteiger partial charge in [-0.3, -0.25) is 4.79 Å². The van der Waals surface area contributed by atoms with E-state index < -0.39 is 21.5 Å². The van der Waals surface area contributed by atoms with Crippen molar-refractivity contribution in [1.82, 2.24) is 10.5 Å². The van der Waals surface area contributed by atoms with Gasteiger partial charge in [0.15, 0.2) is 9.84 Å². The molecule has 0 unspecified atom stereocenters. The number of hydrogen-bond acceptors (Lipinski definition) is 5. The van der Waals surface area contributed by atoms with Crippen LogP contribution in [0.25, 0.3) is 0 Å². The minimum Gasteiger partial charge on any atom is -0.361 e. The fourth-order valence-electron chi connectivity index (χ4n) is 2.83. The summed E-state index contributed by atoms with van der Waals surface area (Å²) < 4.78 is 28.9. The number of nitrogens with one attached hydrogen (secondary N) is 1. The third-order valence-corrected chi connectivity index (χ3v) is 5.30. The van der Waals surface area contributed by atoms with Gasteiger partial charge in [-0.25, -0.2) is 8.42 Å². The van der Waals surface area contributed by atoms with Gasteiger partial charge in [0, 0.05) is 12.1 Å². The van der Waals surface area contributed by atoms with E-state index in [4.69, 9.17) is 4.52 Å². The maximum Gasteiger partial charge on any atom is 0.235 e. The van der Waals surface area contributed by atoms with E-state index in [0.29, 0.717) is 11.5 Å². The molecule has 6 nitrogen and oxygen atoms in total. The summed E-state index contributed by atoms with van der Waals surface area (Å²) in [5.74, 6) is -0.604. The Morgan fingerprint density at radius 2 is 1.91 bits per heavy atom. The van der Waals surface area contributed by atoms with Crippen molar-refractivity contribution in [3.63, 3.8) is 0 Å². The Labute approximate surface area is 131 Å². The SMILES string of the molecule is Cc1cc(CS(=O)(=O)CC(=O)NC2CCCCCCC2)no1. The molecule has 1 saturated carbocycles. The van der Waals surface area contributed by atoms with Crippen molar-refractivity contribution in [2.45, 2.75) is 63.7 Å². The Kier molecular flexibility index (Phi) is 5.99. The zero-order chi connectivity index (χ0) is 16.0. The highest BCUT2D eigenvalue weighted by Crippen LogP contribution is 2.17. The monoisotopic (exact) mass is 328 g/mol. The van der Waals surface area contributed by atoms with Crippen LogP contribution in [0.5, 0.6) is 0 Å². The van der Waals surface area contributed by atoms with Crippen molar-refractivity contribution in [1.29, 1.82) is 0 Å². The molecule has 0 atom stereocenters. The van der Waals surface area contributed by atoms with Crippen LogP contribution in [0.15, 0.2) is 10.6 Å². The smallest absolute Gasteiger partial charge is 0.235 e. The first-order valence-corrected chi connectivity index (χ1v) is 9.69. The van der Waals surface area contributed by atoms with Crippen LogP contribution in [0, 0.1) is 6.92 Å². The highest BCUT2D eigenvalue weighted by molar-refractivity contribution is 7.91. The van der Waals surface area contributed by atoms with Gasteiger partial charge in [-0.05, 0) is 19.8 Å². The normalized spacial score (nSPS) is 17.7. The molecule has 0 radical (unpaired) electrons. The Balaban J connectivity index is 1.84. The quantitative estimate of drug-likeness (QED) is 0.894. The van der Waals surface area contributed by atoms with Gasteiger partial charge in [-0.15, -0.1) is 0 Å². The van der Waals surface area contributed by atoms with Crippen LogP contribution < -0.4 is 5.32 Å². The lowest BCUT2D eigenvalue weighted by Gasteiger charge is -2.20. The summed E-state index contributed by atoms with van der Waals surface area (Å²) >= 11 is 0. The van der Waals surface area contributed by atoms with E-state index in [9.17, 15) is 13.2 Å². The molecular formula is C15H24N2O4S. The fourth-order valence-corrected chi connectivity index (χ4v) is 4.00. The van der Waals surface area contributed by atoms with Gasteiger partial charge in [-0.2, -0.15) is 0 Å². The van der Waals surface area contributed by atoms with Crippen molar-refractivity contribution >= 4 is 15.7 Å². The molecular weight excluding hydrogens is 304 g/mol. The van der Waals surface area contributed by atoms with Crippen molar-refractivity contribution in [3.8, 4) is 0 Å². The van der Waals surface area contributed by atoms with E-state index in [0.717, 1.165) is 25.7 Å². The second-order valence-corrected chi connectivity index (χ2v) is 8.14. The van der Waals surface area contributed by atoms with Crippen LogP contribution in [0.4, 0.5) is 0 Å². The van der Waals surface area contributed by atoms with Crippen LogP contribution in [-0.4, -0.2) is 31.3 Å². The summed E-state index contributed by atoms with van der Waals surface area (Å²) in [4.78, 5) is 12.0. The number of aryl methyl sites for hydroxylation is 1. The van der Waals surface area contributed by atoms with Gasteiger partial charge in [0.05, 0.1) is 11.4 Å². The number of nitrogens with zero attached hydrogens (tertiary/aromatic N) is 1. The molecule has 2 rings (SSSR count). The fraction of sp³-hybridized carbons (Fsp3) is 0.733. The van der Waals surface area contributed by atoms with E-state index in [1.165, 1.54) is 19.3 Å². The standard InChI is InChI=1S/C15H24N2O4S/c1-12-9-14(17-21-12)10-22(19,20)11-15(18)16-13-7-5-3-2-4-6-8-13/h9,13H,2-8,10-11H2,1H3,(H,16,18). The predicted octanol–water partition coefficient (Wildman–Crippen LogP) is 2.13. The molecule has 0 saturated heterocycles. The van der Waals surface area contributed by atoms with Crippen molar-refractivity contribution in [2.75, 3.05) is 5.75 Å². The van der Waals surface area contributed by atoms with E-state index in [1.54, 1.807) is 13.0 Å². The maximum absolute atomic E-state index is 12.0. The lowest BCUT2D eigenvalue weighted by Crippen LogP contribution is -2.39. The number of hydrogen-bond donors (Lipinski definition) is 1. The second-order valence-electron chi connectivity index (χ2n) is 6.07. The van der Waals surface area contributed by atoms with Crippen molar-refractivity contribution in [2.24, 2.45) is 0 Å². The average Bonchev–Trinajstić information content (AvgIpc) is 2.76. The van der Waals surface area contributed by atoms with Gasteiger partial charge in [-0.1, -0.05) is 37.3 Å². The van der Waals surface area contributed by atoms with Crippen LogP contribution in [-0.2, 0) is 20.4 Å². The minimum absolute atomic E-state index is 0.109. The Morgan fingerprint density at radius 1 is 1.27 bits per heavy atom. The van der Waals surface area contributed by atoms with Gasteiger partial charge < -0.3 is 9.84 Å². The van der Waals surface area contributed by atoms with Gasteiger partial charge in [0.1, 0.15) is 11.5 Å². The molecule has 0 aromatic carbocycles. The van der Waals surface area contributed by atoms with E-state index >= 15 is 0 Å². The van der Waals surface area contributed by atoms with Crippen LogP contribution in [0.3, 0.4) is 0 Å². The molecule has 1 N–H and O–H groups in total. The molecule has 7 heteroatoms. The number of carbonyl (C=O) groups excluding carboxylic acids is 1. The Hall–Kier alpha value is -1.37. The Morgan fingerprint density at radius 3 is 2.50 bits per heavy atom. The van der Waals surface area contributed by atoms with Crippen LogP contribution in [0.1, 0.15) is 56.4 Å².